The molecule has 0 spiro atoms. The average molecular weight is 843 g/mol. The number of rotatable bonds is 21. The molecule has 0 saturated heterocycles. The molecule has 1 saturated carbocycles. The van der Waals surface area contributed by atoms with Crippen LogP contribution in [0.5, 0.6) is 23.0 Å². The summed E-state index contributed by atoms with van der Waals surface area (Å²) in [5.41, 5.74) is 3.47. The average Bonchev–Trinajstić information content (AvgIpc) is 3.74. The molecule has 0 bridgehead atoms. The highest BCUT2D eigenvalue weighted by Crippen LogP contribution is 2.62. The number of benzene rings is 3. The highest BCUT2D eigenvalue weighted by atomic mass is 32.2. The van der Waals surface area contributed by atoms with Gasteiger partial charge in [-0.2, -0.15) is 0 Å². The molecular weight excluding hydrogens is 785 g/mol. The summed E-state index contributed by atoms with van der Waals surface area (Å²) in [5.74, 6) is 1.54. The maximum absolute atomic E-state index is 14.4. The number of oxime groups is 1. The van der Waals surface area contributed by atoms with E-state index in [0.29, 0.717) is 42.4 Å². The number of carbonyl (C=O) groups excluding carboxylic acids is 1. The number of unbranched alkanes of at least 4 members (excludes halogenated alkanes) is 2. The van der Waals surface area contributed by atoms with Crippen molar-refractivity contribution in [3.8, 4) is 23.0 Å². The van der Waals surface area contributed by atoms with E-state index in [2.05, 4.69) is 36.0 Å². The van der Waals surface area contributed by atoms with Crippen LogP contribution in [0.2, 0.25) is 0 Å². The third-order valence-electron chi connectivity index (χ3n) is 11.9. The summed E-state index contributed by atoms with van der Waals surface area (Å²) in [5, 5.41) is 24.5. The summed E-state index contributed by atoms with van der Waals surface area (Å²) in [4.78, 5) is 22.9. The number of thioether (sulfide) groups is 1. The summed E-state index contributed by atoms with van der Waals surface area (Å²) in [7, 11) is 1.54. The zero-order chi connectivity index (χ0) is 41.9. The summed E-state index contributed by atoms with van der Waals surface area (Å²) < 4.78 is 38.0. The van der Waals surface area contributed by atoms with Crippen molar-refractivity contribution in [1.82, 2.24) is 4.90 Å². The van der Waals surface area contributed by atoms with Crippen LogP contribution in [0.3, 0.4) is 0 Å². The number of nitrogens with zero attached hydrogens (tertiary/aromatic N) is 2. The van der Waals surface area contributed by atoms with Gasteiger partial charge in [0, 0.05) is 48.3 Å². The SMILES string of the molecule is C=CCOC12Oc3ccc(OCCSc4ccccc4)cc3C3C(CCCCO)C(CCCCO)C=C(C(=NOC)CC1N(Cc1ccc4c(c1)OCO4)C(=O)OCC)C32. The molecule has 0 aromatic heterocycles. The van der Waals surface area contributed by atoms with Crippen molar-refractivity contribution in [2.45, 2.75) is 81.1 Å². The lowest BCUT2D eigenvalue weighted by Crippen LogP contribution is -2.70. The Hall–Kier alpha value is -4.69. The Kier molecular flexibility index (Phi) is 15.0. The van der Waals surface area contributed by atoms with Crippen LogP contribution in [-0.4, -0.2) is 91.4 Å². The molecule has 2 N–H and O–H groups in total. The monoisotopic (exact) mass is 842 g/mol. The number of fused-ring (bicyclic) bond motifs is 3. The number of amides is 1. The van der Waals surface area contributed by atoms with Crippen molar-refractivity contribution in [2.24, 2.45) is 22.9 Å². The molecule has 3 aromatic rings. The number of aliphatic hydroxyl groups excluding tert-OH is 2. The van der Waals surface area contributed by atoms with Crippen molar-refractivity contribution < 1.29 is 48.3 Å². The minimum absolute atomic E-state index is 0.0784. The molecule has 12 nitrogen and oxygen atoms in total. The number of ether oxygens (including phenoxy) is 6. The van der Waals surface area contributed by atoms with Gasteiger partial charge in [-0.3, -0.25) is 4.90 Å². The van der Waals surface area contributed by atoms with Gasteiger partial charge in [0.2, 0.25) is 12.6 Å². The van der Waals surface area contributed by atoms with Crippen LogP contribution >= 0.6 is 11.8 Å². The summed E-state index contributed by atoms with van der Waals surface area (Å²) in [6, 6.07) is 21.2. The Morgan fingerprint density at radius 1 is 1.00 bits per heavy atom. The zero-order valence-corrected chi connectivity index (χ0v) is 35.5. The van der Waals surface area contributed by atoms with Gasteiger partial charge in [-0.1, -0.05) is 54.4 Å². The van der Waals surface area contributed by atoms with Gasteiger partial charge in [0.05, 0.1) is 31.5 Å². The molecule has 6 unspecified atom stereocenters. The van der Waals surface area contributed by atoms with Crippen molar-refractivity contribution in [3.63, 3.8) is 0 Å². The number of aliphatic hydroxyl groups is 2. The number of hydrogen-bond donors (Lipinski definition) is 2. The van der Waals surface area contributed by atoms with Gasteiger partial charge in [-0.25, -0.2) is 4.79 Å². The fourth-order valence-electron chi connectivity index (χ4n) is 9.43. The molecule has 13 heteroatoms. The minimum Gasteiger partial charge on any atom is -0.493 e. The Morgan fingerprint density at radius 2 is 1.78 bits per heavy atom. The maximum atomic E-state index is 14.4. The molecule has 2 aliphatic heterocycles. The Bertz CT molecular complexity index is 1980. The summed E-state index contributed by atoms with van der Waals surface area (Å²) in [6.45, 7) is 7.15. The van der Waals surface area contributed by atoms with E-state index in [1.54, 1.807) is 29.7 Å². The van der Waals surface area contributed by atoms with Crippen molar-refractivity contribution in [1.29, 1.82) is 0 Å². The van der Waals surface area contributed by atoms with Gasteiger partial charge in [-0.15, -0.1) is 18.3 Å². The van der Waals surface area contributed by atoms with E-state index in [-0.39, 0.29) is 63.9 Å². The molecule has 2 heterocycles. The van der Waals surface area contributed by atoms with Gasteiger partial charge < -0.3 is 43.5 Å². The molecule has 60 heavy (non-hydrogen) atoms. The molecule has 322 valence electrons. The third kappa shape index (κ3) is 9.44. The molecule has 1 fully saturated rings. The van der Waals surface area contributed by atoms with E-state index >= 15 is 0 Å². The van der Waals surface area contributed by atoms with E-state index in [0.717, 1.165) is 53.9 Å². The van der Waals surface area contributed by atoms with Gasteiger partial charge in [-0.05, 0) is 98.0 Å². The topological polar surface area (TPSA) is 138 Å². The molecule has 7 rings (SSSR count). The fourth-order valence-corrected chi connectivity index (χ4v) is 10.2. The predicted octanol–water partition coefficient (Wildman–Crippen LogP) is 8.51. The molecule has 1 amide bonds. The van der Waals surface area contributed by atoms with Crippen LogP contribution in [0.15, 0.2) is 101 Å². The quantitative estimate of drug-likeness (QED) is 0.0462. The van der Waals surface area contributed by atoms with Gasteiger partial charge in [0.1, 0.15) is 24.7 Å². The van der Waals surface area contributed by atoms with Gasteiger partial charge in [0.15, 0.2) is 11.5 Å². The van der Waals surface area contributed by atoms with Gasteiger partial charge in [0.25, 0.3) is 0 Å². The number of hydrogen-bond acceptors (Lipinski definition) is 12. The highest BCUT2D eigenvalue weighted by Gasteiger charge is 2.65. The lowest BCUT2D eigenvalue weighted by molar-refractivity contribution is -0.256. The number of carbonyl (C=O) groups is 1. The number of allylic oxidation sites excluding steroid dienone is 1. The van der Waals surface area contributed by atoms with Crippen molar-refractivity contribution in [2.75, 3.05) is 52.7 Å². The zero-order valence-electron chi connectivity index (χ0n) is 34.7. The fraction of sp³-hybridized carbons (Fsp3) is 0.489. The molecule has 6 atom stereocenters. The largest absolute Gasteiger partial charge is 0.493 e. The second kappa shape index (κ2) is 20.7. The Morgan fingerprint density at radius 3 is 2.55 bits per heavy atom. The summed E-state index contributed by atoms with van der Waals surface area (Å²) >= 11 is 1.75. The maximum Gasteiger partial charge on any atom is 0.410 e. The van der Waals surface area contributed by atoms with Crippen LogP contribution < -0.4 is 18.9 Å². The molecular formula is C47H58N2O10S. The smallest absolute Gasteiger partial charge is 0.410 e. The lowest BCUT2D eigenvalue weighted by atomic mass is 9.55. The van der Waals surface area contributed by atoms with Crippen LogP contribution in [0.25, 0.3) is 0 Å². The highest BCUT2D eigenvalue weighted by molar-refractivity contribution is 7.99. The predicted molar refractivity (Wildman–Crippen MR) is 230 cm³/mol. The van der Waals surface area contributed by atoms with Crippen LogP contribution in [0.1, 0.15) is 68.9 Å². The molecule has 0 radical (unpaired) electrons. The van der Waals surface area contributed by atoms with E-state index in [4.69, 9.17) is 33.3 Å². The van der Waals surface area contributed by atoms with E-state index in [1.165, 1.54) is 12.0 Å². The Balaban J connectivity index is 1.36. The first-order valence-electron chi connectivity index (χ1n) is 21.2. The summed E-state index contributed by atoms with van der Waals surface area (Å²) in [6.07, 6.45) is 8.45. The molecule has 2 aliphatic carbocycles. The van der Waals surface area contributed by atoms with Crippen LogP contribution in [-0.2, 0) is 20.9 Å². The van der Waals surface area contributed by atoms with Crippen LogP contribution in [0.4, 0.5) is 4.79 Å². The van der Waals surface area contributed by atoms with E-state index in [9.17, 15) is 15.0 Å². The first-order valence-corrected chi connectivity index (χ1v) is 22.2. The molecule has 4 aliphatic rings. The van der Waals surface area contributed by atoms with E-state index < -0.39 is 23.8 Å². The van der Waals surface area contributed by atoms with Crippen molar-refractivity contribution >= 4 is 23.6 Å². The minimum atomic E-state index is -1.42. The van der Waals surface area contributed by atoms with Gasteiger partial charge >= 0.3 is 6.09 Å². The molecule has 3 aromatic carbocycles. The lowest BCUT2D eigenvalue weighted by Gasteiger charge is -2.59. The second-order valence-electron chi connectivity index (χ2n) is 15.5. The second-order valence-corrected chi connectivity index (χ2v) is 16.6. The first-order chi connectivity index (χ1) is 29.4. The first kappa shape index (κ1) is 43.4. The third-order valence-corrected chi connectivity index (χ3v) is 12.9. The standard InChI is InChI=1S/C47H58N2O10S/c1-4-23-58-47-43(49(46(52)54-5-2)30-32-17-19-41-42(26-32)57-31-56-41)29-39(48-53-3)37-27-33(13-9-11-21-50)36(16-10-12-22-51)44(45(37)47)38-28-34(18-20-40(38)59-47)55-24-25-60-35-14-7-6-8-15-35/h4,6-8,14-15,17-20,26-28,33,36,43-45,50-51H,1,5,9-13,16,21-25,29-31H2,2-3H3. The van der Waals surface area contributed by atoms with E-state index in [1.807, 2.05) is 48.5 Å². The van der Waals surface area contributed by atoms with Crippen molar-refractivity contribution in [3.05, 3.63) is 102 Å². The Labute approximate surface area is 357 Å². The van der Waals surface area contributed by atoms with Crippen LogP contribution in [0, 0.1) is 17.8 Å². The normalized spacial score (nSPS) is 24.1.